The topological polar surface area (TPSA) is 87.5 Å². The van der Waals surface area contributed by atoms with Crippen molar-refractivity contribution in [3.05, 3.63) is 75.1 Å². The standard InChI is InChI=1S/C23H19FN2O5S/c1-2-30-23(29)22-15(21-16(24)7-5-9-19(21)32-22)13-31-20(28)10-11-26-17-8-4-3-6-14(17)18(27)12-25-26/h3-9,12H,2,10-11,13H2,1H3. The third-order valence-corrected chi connectivity index (χ3v) is 6.07. The van der Waals surface area contributed by atoms with E-state index in [2.05, 4.69) is 5.10 Å². The smallest absolute Gasteiger partial charge is 0.348 e. The Labute approximate surface area is 186 Å². The van der Waals surface area contributed by atoms with Crippen LogP contribution in [-0.4, -0.2) is 28.3 Å². The van der Waals surface area contributed by atoms with E-state index < -0.39 is 17.8 Å². The van der Waals surface area contributed by atoms with E-state index in [4.69, 9.17) is 9.47 Å². The highest BCUT2D eigenvalue weighted by molar-refractivity contribution is 7.21. The second kappa shape index (κ2) is 9.27. The number of esters is 2. The number of hydrogen-bond donors (Lipinski definition) is 0. The Hall–Kier alpha value is -3.59. The number of hydrogen-bond acceptors (Lipinski definition) is 7. The molecule has 0 aliphatic carbocycles. The van der Waals surface area contributed by atoms with Crippen LogP contribution in [0.1, 0.15) is 28.6 Å². The van der Waals surface area contributed by atoms with Crippen molar-refractivity contribution in [2.75, 3.05) is 6.61 Å². The van der Waals surface area contributed by atoms with Crippen molar-refractivity contribution in [3.63, 3.8) is 0 Å². The molecule has 0 spiro atoms. The number of nitrogens with zero attached hydrogens (tertiary/aromatic N) is 2. The second-order valence-corrected chi connectivity index (χ2v) is 7.96. The molecule has 0 bridgehead atoms. The maximum absolute atomic E-state index is 14.5. The van der Waals surface area contributed by atoms with Gasteiger partial charge in [0.1, 0.15) is 17.3 Å². The molecule has 0 aliphatic heterocycles. The van der Waals surface area contributed by atoms with E-state index in [9.17, 15) is 18.8 Å². The molecule has 9 heteroatoms. The van der Waals surface area contributed by atoms with Gasteiger partial charge in [-0.2, -0.15) is 5.10 Å². The van der Waals surface area contributed by atoms with Crippen molar-refractivity contribution in [1.82, 2.24) is 9.78 Å². The van der Waals surface area contributed by atoms with Crippen LogP contribution in [-0.2, 0) is 27.4 Å². The van der Waals surface area contributed by atoms with Crippen LogP contribution in [0.2, 0.25) is 0 Å². The quantitative estimate of drug-likeness (QED) is 0.392. The number of carbonyl (C=O) groups excluding carboxylic acids is 2. The summed E-state index contributed by atoms with van der Waals surface area (Å²) >= 11 is 1.10. The zero-order valence-corrected chi connectivity index (χ0v) is 18.0. The Morgan fingerprint density at radius 1 is 1.12 bits per heavy atom. The highest BCUT2D eigenvalue weighted by Crippen LogP contribution is 2.34. The molecule has 0 aliphatic rings. The lowest BCUT2D eigenvalue weighted by Crippen LogP contribution is -2.15. The molecule has 0 saturated carbocycles. The number of para-hydroxylation sites is 1. The predicted octanol–water partition coefficient (Wildman–Crippen LogP) is 4.06. The molecule has 0 saturated heterocycles. The van der Waals surface area contributed by atoms with Crippen LogP contribution in [0.25, 0.3) is 21.0 Å². The van der Waals surface area contributed by atoms with Crippen LogP contribution in [0.3, 0.4) is 0 Å². The summed E-state index contributed by atoms with van der Waals surface area (Å²) in [6, 6.07) is 11.5. The lowest BCUT2D eigenvalue weighted by molar-refractivity contribution is -0.145. The molecule has 0 N–H and O–H groups in total. The zero-order valence-electron chi connectivity index (χ0n) is 17.2. The first-order valence-electron chi connectivity index (χ1n) is 9.97. The van der Waals surface area contributed by atoms with E-state index in [1.807, 2.05) is 0 Å². The van der Waals surface area contributed by atoms with Crippen LogP contribution >= 0.6 is 11.3 Å². The number of thiophene rings is 1. The molecule has 2 heterocycles. The molecule has 2 aromatic carbocycles. The summed E-state index contributed by atoms with van der Waals surface area (Å²) in [7, 11) is 0. The lowest BCUT2D eigenvalue weighted by atomic mass is 10.1. The summed E-state index contributed by atoms with van der Waals surface area (Å²) in [6.07, 6.45) is 1.19. The van der Waals surface area contributed by atoms with Crippen molar-refractivity contribution < 1.29 is 23.5 Å². The summed E-state index contributed by atoms with van der Waals surface area (Å²) in [5.41, 5.74) is 0.711. The number of halogens is 1. The maximum Gasteiger partial charge on any atom is 0.348 e. The monoisotopic (exact) mass is 454 g/mol. The highest BCUT2D eigenvalue weighted by atomic mass is 32.1. The average Bonchev–Trinajstić information content (AvgIpc) is 3.18. The minimum atomic E-state index is -0.580. The van der Waals surface area contributed by atoms with E-state index in [1.54, 1.807) is 48.0 Å². The van der Waals surface area contributed by atoms with Gasteiger partial charge < -0.3 is 9.47 Å². The first-order chi connectivity index (χ1) is 15.5. The Balaban J connectivity index is 1.51. The fourth-order valence-electron chi connectivity index (χ4n) is 3.43. The number of ether oxygens (including phenoxy) is 2. The summed E-state index contributed by atoms with van der Waals surface area (Å²) in [4.78, 5) is 36.9. The highest BCUT2D eigenvalue weighted by Gasteiger charge is 2.23. The van der Waals surface area contributed by atoms with Crippen LogP contribution < -0.4 is 5.43 Å². The van der Waals surface area contributed by atoms with Crippen LogP contribution in [0.4, 0.5) is 4.39 Å². The molecule has 0 atom stereocenters. The summed E-state index contributed by atoms with van der Waals surface area (Å²) in [5.74, 6) is -1.62. The van der Waals surface area contributed by atoms with E-state index in [0.717, 1.165) is 11.3 Å². The Kier molecular flexibility index (Phi) is 6.27. The minimum Gasteiger partial charge on any atom is -0.462 e. The third-order valence-electron chi connectivity index (χ3n) is 4.89. The van der Waals surface area contributed by atoms with Gasteiger partial charge in [-0.05, 0) is 31.2 Å². The number of carbonyl (C=O) groups is 2. The molecular formula is C23H19FN2O5S. The number of rotatable bonds is 7. The summed E-state index contributed by atoms with van der Waals surface area (Å²) in [6.45, 7) is 1.80. The van der Waals surface area contributed by atoms with E-state index in [0.29, 0.717) is 21.2 Å². The molecule has 164 valence electrons. The molecule has 4 rings (SSSR count). The number of fused-ring (bicyclic) bond motifs is 2. The maximum atomic E-state index is 14.5. The first-order valence-corrected chi connectivity index (χ1v) is 10.8. The lowest BCUT2D eigenvalue weighted by Gasteiger charge is -2.10. The van der Waals surface area contributed by atoms with Crippen molar-refractivity contribution in [3.8, 4) is 0 Å². The molecular weight excluding hydrogens is 435 g/mol. The summed E-state index contributed by atoms with van der Waals surface area (Å²) < 4.78 is 27.0. The van der Waals surface area contributed by atoms with Gasteiger partial charge in [0, 0.05) is 21.0 Å². The van der Waals surface area contributed by atoms with Gasteiger partial charge in [0.25, 0.3) is 0 Å². The normalized spacial score (nSPS) is 11.1. The fraction of sp³-hybridized carbons (Fsp3) is 0.217. The Bertz CT molecular complexity index is 1380. The van der Waals surface area contributed by atoms with Crippen LogP contribution in [0, 0.1) is 5.82 Å². The van der Waals surface area contributed by atoms with Crippen molar-refractivity contribution in [1.29, 1.82) is 0 Å². The van der Waals surface area contributed by atoms with Crippen LogP contribution in [0.5, 0.6) is 0 Å². The molecule has 4 aromatic rings. The second-order valence-electron chi connectivity index (χ2n) is 6.90. The van der Waals surface area contributed by atoms with Gasteiger partial charge in [0.05, 0.1) is 31.3 Å². The molecule has 0 unspecified atom stereocenters. The van der Waals surface area contributed by atoms with Crippen LogP contribution in [0.15, 0.2) is 53.5 Å². The molecule has 0 radical (unpaired) electrons. The fourth-order valence-corrected chi connectivity index (χ4v) is 4.54. The van der Waals surface area contributed by atoms with E-state index in [1.165, 1.54) is 12.3 Å². The van der Waals surface area contributed by atoms with Gasteiger partial charge in [-0.1, -0.05) is 18.2 Å². The van der Waals surface area contributed by atoms with Gasteiger partial charge >= 0.3 is 11.9 Å². The molecule has 2 aromatic heterocycles. The molecule has 32 heavy (non-hydrogen) atoms. The SMILES string of the molecule is CCOC(=O)c1sc2cccc(F)c2c1COC(=O)CCn1ncc(=O)c2ccccc21. The number of aromatic nitrogens is 2. The van der Waals surface area contributed by atoms with Crippen molar-refractivity contribution in [2.24, 2.45) is 0 Å². The van der Waals surface area contributed by atoms with Gasteiger partial charge in [-0.15, -0.1) is 11.3 Å². The third kappa shape index (κ3) is 4.24. The van der Waals surface area contributed by atoms with Crippen molar-refractivity contribution >= 4 is 44.3 Å². The van der Waals surface area contributed by atoms with E-state index in [-0.39, 0.29) is 41.9 Å². The van der Waals surface area contributed by atoms with Gasteiger partial charge in [0.2, 0.25) is 5.43 Å². The predicted molar refractivity (Wildman–Crippen MR) is 118 cm³/mol. The van der Waals surface area contributed by atoms with E-state index >= 15 is 0 Å². The van der Waals surface area contributed by atoms with Gasteiger partial charge in [0.15, 0.2) is 0 Å². The minimum absolute atomic E-state index is 0.0147. The van der Waals surface area contributed by atoms with Gasteiger partial charge in [-0.3, -0.25) is 14.3 Å². The Morgan fingerprint density at radius 3 is 2.75 bits per heavy atom. The summed E-state index contributed by atoms with van der Waals surface area (Å²) in [5, 5.41) is 4.85. The molecule has 7 nitrogen and oxygen atoms in total. The van der Waals surface area contributed by atoms with Gasteiger partial charge in [-0.25, -0.2) is 9.18 Å². The first kappa shape index (κ1) is 21.6. The molecule has 0 amide bonds. The largest absolute Gasteiger partial charge is 0.462 e. The number of benzene rings is 2. The Morgan fingerprint density at radius 2 is 1.94 bits per heavy atom. The van der Waals surface area contributed by atoms with Crippen molar-refractivity contribution in [2.45, 2.75) is 26.5 Å². The average molecular weight is 454 g/mol. The molecule has 0 fully saturated rings. The number of aryl methyl sites for hydroxylation is 1. The zero-order chi connectivity index (χ0) is 22.7.